The summed E-state index contributed by atoms with van der Waals surface area (Å²) >= 11 is 0. The van der Waals surface area contributed by atoms with Crippen molar-refractivity contribution >= 4 is 0 Å². The highest BCUT2D eigenvalue weighted by molar-refractivity contribution is 5.38. The van der Waals surface area contributed by atoms with E-state index in [4.69, 9.17) is 10.5 Å². The highest BCUT2D eigenvalue weighted by atomic mass is 16.5. The van der Waals surface area contributed by atoms with Crippen LogP contribution in [0.25, 0.3) is 0 Å². The second-order valence-corrected chi connectivity index (χ2v) is 4.82. The van der Waals surface area contributed by atoms with Gasteiger partial charge in [0.2, 0.25) is 0 Å². The van der Waals surface area contributed by atoms with Crippen molar-refractivity contribution in [1.82, 2.24) is 0 Å². The molecule has 2 rings (SSSR count). The predicted molar refractivity (Wildman–Crippen MR) is 82.6 cm³/mol. The van der Waals surface area contributed by atoms with Gasteiger partial charge in [-0.05, 0) is 54.8 Å². The van der Waals surface area contributed by atoms with Crippen LogP contribution in [0.5, 0.6) is 5.75 Å². The molecular formula is C18H19NO. The quantitative estimate of drug-likeness (QED) is 0.865. The standard InChI is InChI=1S/C18H19NO/c1-14-9-15(2)11-18(10-14)20-13-17-6-3-5-16(12-17)7-4-8-19/h3,5-6,9-12H,8,13,19H2,1-2H3. The fraction of sp³-hybridized carbons (Fsp3) is 0.222. The van der Waals surface area contributed by atoms with E-state index in [1.807, 2.05) is 36.4 Å². The number of benzene rings is 2. The third kappa shape index (κ3) is 4.15. The number of hydrogen-bond donors (Lipinski definition) is 1. The topological polar surface area (TPSA) is 35.2 Å². The monoisotopic (exact) mass is 265 g/mol. The molecule has 102 valence electrons. The molecule has 20 heavy (non-hydrogen) atoms. The van der Waals surface area contributed by atoms with Crippen molar-refractivity contribution in [1.29, 1.82) is 0 Å². The lowest BCUT2D eigenvalue weighted by Crippen LogP contribution is -1.97. The van der Waals surface area contributed by atoms with E-state index in [1.54, 1.807) is 0 Å². The molecular weight excluding hydrogens is 246 g/mol. The van der Waals surface area contributed by atoms with Gasteiger partial charge in [0, 0.05) is 5.56 Å². The van der Waals surface area contributed by atoms with E-state index in [9.17, 15) is 0 Å². The van der Waals surface area contributed by atoms with Crippen LogP contribution < -0.4 is 10.5 Å². The van der Waals surface area contributed by atoms with Crippen LogP contribution in [-0.2, 0) is 6.61 Å². The van der Waals surface area contributed by atoms with E-state index in [0.29, 0.717) is 13.2 Å². The molecule has 2 N–H and O–H groups in total. The predicted octanol–water partition coefficient (Wildman–Crippen LogP) is 3.19. The molecule has 0 aliphatic carbocycles. The average molecular weight is 265 g/mol. The zero-order valence-electron chi connectivity index (χ0n) is 11.9. The van der Waals surface area contributed by atoms with Crippen molar-refractivity contribution in [3.8, 4) is 17.6 Å². The highest BCUT2D eigenvalue weighted by Crippen LogP contribution is 2.17. The normalized spacial score (nSPS) is 9.75. The Balaban J connectivity index is 2.07. The minimum absolute atomic E-state index is 0.378. The van der Waals surface area contributed by atoms with E-state index in [0.717, 1.165) is 16.9 Å². The minimum atomic E-state index is 0.378. The zero-order valence-corrected chi connectivity index (χ0v) is 11.9. The first-order chi connectivity index (χ1) is 9.67. The summed E-state index contributed by atoms with van der Waals surface area (Å²) in [6, 6.07) is 14.3. The Kier molecular flexibility index (Phi) is 4.81. The van der Waals surface area contributed by atoms with Gasteiger partial charge in [0.15, 0.2) is 0 Å². The lowest BCUT2D eigenvalue weighted by molar-refractivity contribution is 0.306. The van der Waals surface area contributed by atoms with Gasteiger partial charge >= 0.3 is 0 Å². The maximum atomic E-state index is 5.84. The molecule has 0 aliphatic heterocycles. The van der Waals surface area contributed by atoms with Crippen molar-refractivity contribution in [2.24, 2.45) is 5.73 Å². The number of hydrogen-bond acceptors (Lipinski definition) is 2. The van der Waals surface area contributed by atoms with Gasteiger partial charge in [-0.3, -0.25) is 0 Å². The SMILES string of the molecule is Cc1cc(C)cc(OCc2cccc(C#CCN)c2)c1. The van der Waals surface area contributed by atoms with Crippen LogP contribution in [0.15, 0.2) is 42.5 Å². The third-order valence-electron chi connectivity index (χ3n) is 2.86. The minimum Gasteiger partial charge on any atom is -0.489 e. The van der Waals surface area contributed by atoms with Crippen molar-refractivity contribution < 1.29 is 4.74 Å². The molecule has 0 unspecified atom stereocenters. The Morgan fingerprint density at radius 3 is 2.50 bits per heavy atom. The highest BCUT2D eigenvalue weighted by Gasteiger charge is 1.99. The van der Waals surface area contributed by atoms with E-state index in [2.05, 4.69) is 31.8 Å². The number of nitrogens with two attached hydrogens (primary N) is 1. The van der Waals surface area contributed by atoms with E-state index >= 15 is 0 Å². The smallest absolute Gasteiger partial charge is 0.120 e. The molecule has 2 aromatic rings. The van der Waals surface area contributed by atoms with Gasteiger partial charge in [-0.25, -0.2) is 0 Å². The van der Waals surface area contributed by atoms with Gasteiger partial charge in [-0.1, -0.05) is 30.0 Å². The Bertz CT molecular complexity index is 630. The van der Waals surface area contributed by atoms with Crippen LogP contribution in [0.3, 0.4) is 0 Å². The van der Waals surface area contributed by atoms with Crippen molar-refractivity contribution in [2.45, 2.75) is 20.5 Å². The summed E-state index contributed by atoms with van der Waals surface area (Å²) in [5.41, 5.74) is 9.87. The number of aryl methyl sites for hydroxylation is 2. The molecule has 2 heteroatoms. The second-order valence-electron chi connectivity index (χ2n) is 4.82. The maximum Gasteiger partial charge on any atom is 0.120 e. The van der Waals surface area contributed by atoms with Crippen LogP contribution in [0.1, 0.15) is 22.3 Å². The van der Waals surface area contributed by atoms with Crippen molar-refractivity contribution in [3.05, 3.63) is 64.7 Å². The van der Waals surface area contributed by atoms with Gasteiger partial charge in [0.05, 0.1) is 6.54 Å². The first kappa shape index (κ1) is 14.2. The molecule has 0 fully saturated rings. The Morgan fingerprint density at radius 2 is 1.80 bits per heavy atom. The zero-order chi connectivity index (χ0) is 14.4. The lowest BCUT2D eigenvalue weighted by atomic mass is 10.1. The molecule has 0 radical (unpaired) electrons. The molecule has 0 spiro atoms. The fourth-order valence-corrected chi connectivity index (χ4v) is 2.07. The summed E-state index contributed by atoms with van der Waals surface area (Å²) in [6.07, 6.45) is 0. The van der Waals surface area contributed by atoms with E-state index < -0.39 is 0 Å². The molecule has 0 amide bonds. The van der Waals surface area contributed by atoms with E-state index in [-0.39, 0.29) is 0 Å². The molecule has 2 aromatic carbocycles. The van der Waals surface area contributed by atoms with Gasteiger partial charge in [0.1, 0.15) is 12.4 Å². The van der Waals surface area contributed by atoms with Crippen LogP contribution >= 0.6 is 0 Å². The van der Waals surface area contributed by atoms with E-state index in [1.165, 1.54) is 11.1 Å². The first-order valence-electron chi connectivity index (χ1n) is 6.66. The summed E-state index contributed by atoms with van der Waals surface area (Å²) in [4.78, 5) is 0. The van der Waals surface area contributed by atoms with Gasteiger partial charge < -0.3 is 10.5 Å². The molecule has 0 bridgehead atoms. The molecule has 0 aliphatic rings. The van der Waals surface area contributed by atoms with Crippen molar-refractivity contribution in [2.75, 3.05) is 6.54 Å². The Morgan fingerprint density at radius 1 is 1.05 bits per heavy atom. The Hall–Kier alpha value is -2.24. The molecule has 0 saturated carbocycles. The third-order valence-corrected chi connectivity index (χ3v) is 2.86. The van der Waals surface area contributed by atoms with Crippen LogP contribution in [0.4, 0.5) is 0 Å². The largest absolute Gasteiger partial charge is 0.489 e. The molecule has 0 saturated heterocycles. The van der Waals surface area contributed by atoms with Crippen LogP contribution in [0, 0.1) is 25.7 Å². The summed E-state index contributed by atoms with van der Waals surface area (Å²) in [5.74, 6) is 6.79. The summed E-state index contributed by atoms with van der Waals surface area (Å²) in [7, 11) is 0. The number of ether oxygens (including phenoxy) is 1. The van der Waals surface area contributed by atoms with Gasteiger partial charge in [-0.15, -0.1) is 0 Å². The van der Waals surface area contributed by atoms with Crippen LogP contribution in [-0.4, -0.2) is 6.54 Å². The van der Waals surface area contributed by atoms with Gasteiger partial charge in [0.25, 0.3) is 0 Å². The lowest BCUT2D eigenvalue weighted by Gasteiger charge is -2.08. The average Bonchev–Trinajstić information content (AvgIpc) is 2.42. The maximum absolute atomic E-state index is 5.84. The fourth-order valence-electron chi connectivity index (χ4n) is 2.07. The second kappa shape index (κ2) is 6.79. The summed E-state index contributed by atoms with van der Waals surface area (Å²) < 4.78 is 5.84. The van der Waals surface area contributed by atoms with Gasteiger partial charge in [-0.2, -0.15) is 0 Å². The molecule has 2 nitrogen and oxygen atoms in total. The van der Waals surface area contributed by atoms with Crippen molar-refractivity contribution in [3.63, 3.8) is 0 Å². The molecule has 0 heterocycles. The molecule has 0 aromatic heterocycles. The van der Waals surface area contributed by atoms with Crippen LogP contribution in [0.2, 0.25) is 0 Å². The summed E-state index contributed by atoms with van der Waals surface area (Å²) in [5, 5.41) is 0. The number of rotatable bonds is 3. The molecule has 0 atom stereocenters. The Labute approximate surface area is 120 Å². The first-order valence-corrected chi connectivity index (χ1v) is 6.66. The summed E-state index contributed by atoms with van der Waals surface area (Å²) in [6.45, 7) is 5.07.